The molecular weight excluding hydrogens is 399 g/mol. The molecule has 1 aliphatic heterocycles. The van der Waals surface area contributed by atoms with Gasteiger partial charge in [0.15, 0.2) is 5.65 Å². The van der Waals surface area contributed by atoms with E-state index in [1.807, 2.05) is 23.1 Å². The first-order valence-corrected chi connectivity index (χ1v) is 9.00. The van der Waals surface area contributed by atoms with Crippen molar-refractivity contribution in [1.82, 2.24) is 14.5 Å². The Morgan fingerprint density at radius 3 is 2.92 bits per heavy atom. The molecule has 132 valence electrons. The highest BCUT2D eigenvalue weighted by Gasteiger charge is 2.24. The standard InChI is InChI=1S/C18H16BrFN6/c1-10(21)26-16-13(8-11(20)9-23-16)17(24-18(26)22)25-7-3-4-12-14(19)5-2-6-15(12)25/h2,5-6,8-9,21-22H,3-4,7H2,1H3. The lowest BCUT2D eigenvalue weighted by molar-refractivity contribution is 0.623. The highest BCUT2D eigenvalue weighted by atomic mass is 79.9. The van der Waals surface area contributed by atoms with Crippen LogP contribution in [0.2, 0.25) is 0 Å². The van der Waals surface area contributed by atoms with E-state index in [1.165, 1.54) is 16.2 Å². The zero-order valence-corrected chi connectivity index (χ0v) is 15.6. The van der Waals surface area contributed by atoms with E-state index in [4.69, 9.17) is 10.8 Å². The zero-order chi connectivity index (χ0) is 18.4. The van der Waals surface area contributed by atoms with Crippen LogP contribution in [-0.4, -0.2) is 26.9 Å². The van der Waals surface area contributed by atoms with Gasteiger partial charge in [0.05, 0.1) is 11.6 Å². The summed E-state index contributed by atoms with van der Waals surface area (Å²) < 4.78 is 16.3. The first-order chi connectivity index (χ1) is 12.5. The van der Waals surface area contributed by atoms with E-state index in [0.717, 1.165) is 35.7 Å². The Balaban J connectivity index is 2.04. The quantitative estimate of drug-likeness (QED) is 0.469. The number of rotatable bonds is 1. The predicted octanol–water partition coefficient (Wildman–Crippen LogP) is 3.74. The number of nitrogens with zero attached hydrogens (tertiary/aromatic N) is 4. The van der Waals surface area contributed by atoms with Crippen molar-refractivity contribution in [3.8, 4) is 0 Å². The SMILES string of the molecule is CC(=N)n1c(=N)nc(N2CCCc3c(Br)cccc32)c2cc(F)cnc21. The first kappa shape index (κ1) is 16.8. The Bertz CT molecular complexity index is 1110. The Morgan fingerprint density at radius 1 is 1.35 bits per heavy atom. The average molecular weight is 415 g/mol. The zero-order valence-electron chi connectivity index (χ0n) is 14.1. The Morgan fingerprint density at radius 2 is 2.15 bits per heavy atom. The molecule has 2 N–H and O–H groups in total. The molecule has 0 radical (unpaired) electrons. The molecule has 0 spiro atoms. The minimum absolute atomic E-state index is 0.0961. The largest absolute Gasteiger partial charge is 0.325 e. The summed E-state index contributed by atoms with van der Waals surface area (Å²) in [5.74, 6) is 0.132. The van der Waals surface area contributed by atoms with Crippen LogP contribution >= 0.6 is 15.9 Å². The molecule has 1 aromatic carbocycles. The van der Waals surface area contributed by atoms with Crippen LogP contribution in [0.1, 0.15) is 18.9 Å². The van der Waals surface area contributed by atoms with E-state index in [9.17, 15) is 4.39 Å². The van der Waals surface area contributed by atoms with E-state index in [1.54, 1.807) is 6.92 Å². The summed E-state index contributed by atoms with van der Waals surface area (Å²) in [5, 5.41) is 16.7. The monoisotopic (exact) mass is 414 g/mol. The van der Waals surface area contributed by atoms with Gasteiger partial charge >= 0.3 is 0 Å². The Kier molecular flexibility index (Phi) is 4.07. The number of hydrogen-bond donors (Lipinski definition) is 2. The summed E-state index contributed by atoms with van der Waals surface area (Å²) in [6.45, 7) is 2.27. The molecule has 6 nitrogen and oxygen atoms in total. The Labute approximate surface area is 157 Å². The second kappa shape index (κ2) is 6.28. The normalized spacial score (nSPS) is 13.7. The molecule has 0 unspecified atom stereocenters. The lowest BCUT2D eigenvalue weighted by Gasteiger charge is -2.32. The van der Waals surface area contributed by atoms with E-state index in [2.05, 4.69) is 25.9 Å². The molecule has 0 aliphatic carbocycles. The van der Waals surface area contributed by atoms with Crippen LogP contribution < -0.4 is 10.5 Å². The highest BCUT2D eigenvalue weighted by molar-refractivity contribution is 9.10. The molecule has 8 heteroatoms. The van der Waals surface area contributed by atoms with Gasteiger partial charge in [-0.25, -0.2) is 9.37 Å². The van der Waals surface area contributed by atoms with Crippen LogP contribution in [0, 0.1) is 16.6 Å². The van der Waals surface area contributed by atoms with Gasteiger partial charge in [-0.2, -0.15) is 4.98 Å². The molecule has 3 heterocycles. The third kappa shape index (κ3) is 2.61. The van der Waals surface area contributed by atoms with E-state index in [0.29, 0.717) is 16.9 Å². The summed E-state index contributed by atoms with van der Waals surface area (Å²) in [6.07, 6.45) is 2.97. The second-order valence-corrected chi connectivity index (χ2v) is 7.05. The van der Waals surface area contributed by atoms with Crippen LogP contribution in [0.4, 0.5) is 15.9 Å². The number of hydrogen-bond acceptors (Lipinski definition) is 5. The number of benzene rings is 1. The number of pyridine rings is 1. The van der Waals surface area contributed by atoms with E-state index in [-0.39, 0.29) is 11.5 Å². The van der Waals surface area contributed by atoms with Crippen LogP contribution in [0.25, 0.3) is 11.0 Å². The molecule has 3 aromatic rings. The van der Waals surface area contributed by atoms with Gasteiger partial charge in [-0.15, -0.1) is 0 Å². The van der Waals surface area contributed by atoms with Crippen molar-refractivity contribution < 1.29 is 4.39 Å². The maximum Gasteiger partial charge on any atom is 0.231 e. The van der Waals surface area contributed by atoms with Crippen molar-refractivity contribution in [1.29, 1.82) is 10.8 Å². The molecule has 0 atom stereocenters. The van der Waals surface area contributed by atoms with E-state index >= 15 is 0 Å². The number of aromatic nitrogens is 3. The van der Waals surface area contributed by atoms with Crippen molar-refractivity contribution in [3.63, 3.8) is 0 Å². The smallest absolute Gasteiger partial charge is 0.231 e. The first-order valence-electron chi connectivity index (χ1n) is 8.20. The third-order valence-corrected chi connectivity index (χ3v) is 5.24. The Hall–Kier alpha value is -2.61. The summed E-state index contributed by atoms with van der Waals surface area (Å²) >= 11 is 3.60. The molecular formula is C18H16BrFN6. The molecule has 0 fully saturated rings. The van der Waals surface area contributed by atoms with Crippen molar-refractivity contribution in [2.24, 2.45) is 0 Å². The van der Waals surface area contributed by atoms with Gasteiger partial charge in [-0.05, 0) is 43.5 Å². The lowest BCUT2D eigenvalue weighted by Crippen LogP contribution is -2.33. The number of fused-ring (bicyclic) bond motifs is 2. The fourth-order valence-electron chi connectivity index (χ4n) is 3.41. The van der Waals surface area contributed by atoms with Crippen LogP contribution in [0.15, 0.2) is 34.9 Å². The third-order valence-electron chi connectivity index (χ3n) is 4.49. The number of anilines is 2. The summed E-state index contributed by atoms with van der Waals surface area (Å²) in [7, 11) is 0. The number of nitrogens with one attached hydrogen (secondary N) is 2. The van der Waals surface area contributed by atoms with Gasteiger partial charge < -0.3 is 4.90 Å². The molecule has 0 bridgehead atoms. The van der Waals surface area contributed by atoms with Gasteiger partial charge in [0.25, 0.3) is 0 Å². The van der Waals surface area contributed by atoms with Crippen LogP contribution in [0.5, 0.6) is 0 Å². The second-order valence-electron chi connectivity index (χ2n) is 6.20. The van der Waals surface area contributed by atoms with Gasteiger partial charge in [-0.3, -0.25) is 15.4 Å². The molecule has 1 aliphatic rings. The van der Waals surface area contributed by atoms with Gasteiger partial charge in [0, 0.05) is 16.7 Å². The van der Waals surface area contributed by atoms with Crippen molar-refractivity contribution in [2.75, 3.05) is 11.4 Å². The minimum atomic E-state index is -0.473. The topological polar surface area (TPSA) is 81.7 Å². The fourth-order valence-corrected chi connectivity index (χ4v) is 3.97. The average Bonchev–Trinajstić information content (AvgIpc) is 2.61. The van der Waals surface area contributed by atoms with Crippen molar-refractivity contribution >= 4 is 44.3 Å². The molecule has 0 saturated heterocycles. The molecule has 26 heavy (non-hydrogen) atoms. The summed E-state index contributed by atoms with van der Waals surface area (Å²) in [6, 6.07) is 7.33. The molecule has 2 aromatic heterocycles. The number of halogens is 2. The van der Waals surface area contributed by atoms with Crippen LogP contribution in [-0.2, 0) is 6.42 Å². The van der Waals surface area contributed by atoms with Gasteiger partial charge in [-0.1, -0.05) is 22.0 Å². The van der Waals surface area contributed by atoms with Gasteiger partial charge in [0.2, 0.25) is 5.62 Å². The molecule has 0 amide bonds. The molecule has 0 saturated carbocycles. The van der Waals surface area contributed by atoms with Crippen LogP contribution in [0.3, 0.4) is 0 Å². The lowest BCUT2D eigenvalue weighted by atomic mass is 10.0. The minimum Gasteiger partial charge on any atom is -0.325 e. The summed E-state index contributed by atoms with van der Waals surface area (Å²) in [5.41, 5.74) is 2.43. The van der Waals surface area contributed by atoms with E-state index < -0.39 is 5.82 Å². The van der Waals surface area contributed by atoms with Crippen molar-refractivity contribution in [2.45, 2.75) is 19.8 Å². The fraction of sp³-hybridized carbons (Fsp3) is 0.222. The maximum atomic E-state index is 14.0. The predicted molar refractivity (Wildman–Crippen MR) is 102 cm³/mol. The highest BCUT2D eigenvalue weighted by Crippen LogP contribution is 2.38. The van der Waals surface area contributed by atoms with Gasteiger partial charge in [0.1, 0.15) is 17.5 Å². The maximum absolute atomic E-state index is 14.0. The molecule has 4 rings (SSSR count). The van der Waals surface area contributed by atoms with Crippen molar-refractivity contribution in [3.05, 3.63) is 51.9 Å². The summed E-state index contributed by atoms with van der Waals surface area (Å²) in [4.78, 5) is 10.6.